The molecule has 0 atom stereocenters. The molecule has 0 radical (unpaired) electrons. The normalized spacial score (nSPS) is 11.2. The fourth-order valence-corrected chi connectivity index (χ4v) is 5.36. The fourth-order valence-electron chi connectivity index (χ4n) is 3.90. The van der Waals surface area contributed by atoms with Crippen molar-refractivity contribution < 1.29 is 9.53 Å². The molecule has 0 aliphatic heterocycles. The Morgan fingerprint density at radius 1 is 1.15 bits per heavy atom. The minimum atomic E-state index is -0.137. The van der Waals surface area contributed by atoms with Crippen LogP contribution in [0.15, 0.2) is 73.3 Å². The summed E-state index contributed by atoms with van der Waals surface area (Å²) in [5.41, 5.74) is 1.86. The number of aryl methyl sites for hydroxylation is 2. The Hall–Kier alpha value is -3.42. The van der Waals surface area contributed by atoms with Crippen molar-refractivity contribution in [3.63, 3.8) is 0 Å². The van der Waals surface area contributed by atoms with Crippen molar-refractivity contribution >= 4 is 55.0 Å². The molecule has 34 heavy (non-hydrogen) atoms. The quantitative estimate of drug-likeness (QED) is 0.263. The van der Waals surface area contributed by atoms with E-state index in [-0.39, 0.29) is 12.5 Å². The van der Waals surface area contributed by atoms with Crippen LogP contribution in [-0.2, 0) is 11.3 Å². The van der Waals surface area contributed by atoms with E-state index >= 15 is 0 Å². The predicted octanol–water partition coefficient (Wildman–Crippen LogP) is 6.11. The molecule has 0 saturated carbocycles. The zero-order chi connectivity index (χ0) is 23.5. The Balaban J connectivity index is 1.36. The molecule has 6 nitrogen and oxygen atoms in total. The first kappa shape index (κ1) is 22.4. The second-order valence-corrected chi connectivity index (χ2v) is 9.51. The van der Waals surface area contributed by atoms with Crippen molar-refractivity contribution in [2.75, 3.05) is 18.1 Å². The van der Waals surface area contributed by atoms with Gasteiger partial charge in [0.1, 0.15) is 5.75 Å². The van der Waals surface area contributed by atoms with Gasteiger partial charge in [-0.2, -0.15) is 0 Å². The first-order valence-corrected chi connectivity index (χ1v) is 12.2. The summed E-state index contributed by atoms with van der Waals surface area (Å²) < 4.78 is 8.85. The maximum absolute atomic E-state index is 13.3. The maximum atomic E-state index is 13.3. The van der Waals surface area contributed by atoms with Crippen LogP contribution in [0.5, 0.6) is 5.75 Å². The number of amides is 1. The van der Waals surface area contributed by atoms with Crippen LogP contribution in [0.1, 0.15) is 12.0 Å². The molecule has 1 amide bonds. The van der Waals surface area contributed by atoms with E-state index in [9.17, 15) is 4.79 Å². The van der Waals surface area contributed by atoms with Crippen molar-refractivity contribution in [3.05, 3.63) is 83.9 Å². The third kappa shape index (κ3) is 4.90. The number of carbonyl (C=O) groups excluding carboxylic acids is 1. The molecule has 0 aliphatic carbocycles. The molecule has 2 aromatic heterocycles. The summed E-state index contributed by atoms with van der Waals surface area (Å²) >= 11 is 7.71. The molecule has 0 aliphatic rings. The van der Waals surface area contributed by atoms with Crippen LogP contribution in [0, 0.1) is 6.92 Å². The number of rotatable bonds is 8. The van der Waals surface area contributed by atoms with Crippen molar-refractivity contribution in [2.45, 2.75) is 19.9 Å². The van der Waals surface area contributed by atoms with Crippen LogP contribution in [0.2, 0.25) is 5.02 Å². The van der Waals surface area contributed by atoms with Crippen molar-refractivity contribution in [1.82, 2.24) is 14.5 Å². The first-order valence-electron chi connectivity index (χ1n) is 11.0. The summed E-state index contributed by atoms with van der Waals surface area (Å²) in [6.07, 6.45) is 6.20. The van der Waals surface area contributed by atoms with Crippen molar-refractivity contribution in [2.24, 2.45) is 0 Å². The monoisotopic (exact) mass is 490 g/mol. The molecule has 5 aromatic rings. The van der Waals surface area contributed by atoms with E-state index in [1.54, 1.807) is 17.4 Å². The molecule has 0 N–H and O–H groups in total. The Morgan fingerprint density at radius 3 is 2.82 bits per heavy atom. The van der Waals surface area contributed by atoms with Gasteiger partial charge in [0.05, 0.1) is 16.5 Å². The van der Waals surface area contributed by atoms with Gasteiger partial charge < -0.3 is 9.30 Å². The average Bonchev–Trinajstić information content (AvgIpc) is 3.50. The fraction of sp³-hybridized carbons (Fsp3) is 0.192. The van der Waals surface area contributed by atoms with E-state index in [4.69, 9.17) is 21.3 Å². The molecular formula is C26H23ClN4O2S. The van der Waals surface area contributed by atoms with Gasteiger partial charge in [0, 0.05) is 30.5 Å². The molecule has 0 fully saturated rings. The van der Waals surface area contributed by atoms with Gasteiger partial charge in [-0.1, -0.05) is 53.3 Å². The smallest absolute Gasteiger partial charge is 0.266 e. The van der Waals surface area contributed by atoms with Gasteiger partial charge in [-0.15, -0.1) is 0 Å². The zero-order valence-electron chi connectivity index (χ0n) is 18.6. The molecule has 0 saturated heterocycles. The van der Waals surface area contributed by atoms with Gasteiger partial charge in [-0.05, 0) is 53.9 Å². The third-order valence-corrected chi connectivity index (χ3v) is 6.85. The van der Waals surface area contributed by atoms with Gasteiger partial charge in [0.25, 0.3) is 5.91 Å². The lowest BCUT2D eigenvalue weighted by molar-refractivity contribution is -0.120. The minimum Gasteiger partial charge on any atom is -0.484 e. The molecule has 0 unspecified atom stereocenters. The van der Waals surface area contributed by atoms with Gasteiger partial charge >= 0.3 is 0 Å². The second kappa shape index (κ2) is 9.83. The van der Waals surface area contributed by atoms with Crippen LogP contribution in [-0.4, -0.2) is 33.6 Å². The number of anilines is 1. The summed E-state index contributed by atoms with van der Waals surface area (Å²) in [6.45, 7) is 3.18. The Morgan fingerprint density at radius 2 is 2.00 bits per heavy atom. The first-order chi connectivity index (χ1) is 16.6. The standard InChI is InChI=1S/C26H23ClN4O2S/c1-18-13-21(27)15-23-25(18)29-26(34-23)31(11-4-10-30-12-9-28-17-30)24(32)16-33-22-8-7-19-5-2-3-6-20(19)14-22/h2-3,5-9,12-15,17H,4,10-11,16H2,1H3. The third-order valence-electron chi connectivity index (χ3n) is 5.61. The Bertz CT molecular complexity index is 1450. The number of thiazole rings is 1. The second-order valence-electron chi connectivity index (χ2n) is 8.06. The molecule has 0 spiro atoms. The summed E-state index contributed by atoms with van der Waals surface area (Å²) in [6, 6.07) is 17.7. The van der Waals surface area contributed by atoms with E-state index < -0.39 is 0 Å². The number of halogens is 1. The molecule has 8 heteroatoms. The van der Waals surface area contributed by atoms with E-state index in [0.29, 0.717) is 22.4 Å². The number of imidazole rings is 1. The van der Waals surface area contributed by atoms with Crippen LogP contribution in [0.25, 0.3) is 21.0 Å². The number of hydrogen-bond donors (Lipinski definition) is 0. The predicted molar refractivity (Wildman–Crippen MR) is 138 cm³/mol. The molecule has 3 aromatic carbocycles. The van der Waals surface area contributed by atoms with Crippen molar-refractivity contribution in [3.8, 4) is 5.75 Å². The number of hydrogen-bond acceptors (Lipinski definition) is 5. The SMILES string of the molecule is Cc1cc(Cl)cc2sc(N(CCCn3ccnc3)C(=O)COc3ccc4ccccc4c3)nc12. The molecule has 172 valence electrons. The number of fused-ring (bicyclic) bond motifs is 2. The summed E-state index contributed by atoms with van der Waals surface area (Å²) in [7, 11) is 0. The van der Waals surface area contributed by atoms with Crippen LogP contribution >= 0.6 is 22.9 Å². The minimum absolute atomic E-state index is 0.0704. The summed E-state index contributed by atoms with van der Waals surface area (Å²) in [4.78, 5) is 23.9. The Kier molecular flexibility index (Phi) is 6.47. The average molecular weight is 491 g/mol. The van der Waals surface area contributed by atoms with Crippen molar-refractivity contribution in [1.29, 1.82) is 0 Å². The number of nitrogens with zero attached hydrogens (tertiary/aromatic N) is 4. The maximum Gasteiger partial charge on any atom is 0.266 e. The lowest BCUT2D eigenvalue weighted by atomic mass is 10.1. The Labute approximate surface area is 206 Å². The lowest BCUT2D eigenvalue weighted by Gasteiger charge is -2.20. The van der Waals surface area contributed by atoms with Gasteiger partial charge in [-0.3, -0.25) is 9.69 Å². The van der Waals surface area contributed by atoms with E-state index in [2.05, 4.69) is 4.98 Å². The van der Waals surface area contributed by atoms with Gasteiger partial charge in [-0.25, -0.2) is 9.97 Å². The zero-order valence-corrected chi connectivity index (χ0v) is 20.2. The number of carbonyl (C=O) groups is 1. The number of benzene rings is 3. The van der Waals surface area contributed by atoms with E-state index in [1.807, 2.05) is 72.3 Å². The summed E-state index contributed by atoms with van der Waals surface area (Å²) in [5.74, 6) is 0.527. The van der Waals surface area contributed by atoms with Gasteiger partial charge in [0.2, 0.25) is 0 Å². The number of ether oxygens (including phenoxy) is 1. The largest absolute Gasteiger partial charge is 0.484 e. The molecular weight excluding hydrogens is 468 g/mol. The molecule has 0 bridgehead atoms. The molecule has 5 rings (SSSR count). The number of aromatic nitrogens is 3. The highest BCUT2D eigenvalue weighted by Crippen LogP contribution is 2.33. The van der Waals surface area contributed by atoms with Gasteiger partial charge in [0.15, 0.2) is 11.7 Å². The van der Waals surface area contributed by atoms with E-state index in [1.165, 1.54) is 11.3 Å². The van der Waals surface area contributed by atoms with E-state index in [0.717, 1.165) is 39.5 Å². The molecule has 2 heterocycles. The van der Waals surface area contributed by atoms with Crippen LogP contribution < -0.4 is 9.64 Å². The van der Waals surface area contributed by atoms with Crippen LogP contribution in [0.4, 0.5) is 5.13 Å². The highest BCUT2D eigenvalue weighted by atomic mass is 35.5. The van der Waals surface area contributed by atoms with Crippen LogP contribution in [0.3, 0.4) is 0 Å². The summed E-state index contributed by atoms with van der Waals surface area (Å²) in [5, 5.41) is 3.52. The highest BCUT2D eigenvalue weighted by molar-refractivity contribution is 7.22. The lowest BCUT2D eigenvalue weighted by Crippen LogP contribution is -2.36. The highest BCUT2D eigenvalue weighted by Gasteiger charge is 2.21. The topological polar surface area (TPSA) is 60.2 Å².